The minimum absolute atomic E-state index is 0.0244. The number of hydrogen-bond donors (Lipinski definition) is 0. The minimum Gasteiger partial charge on any atom is -0.337 e. The van der Waals surface area contributed by atoms with Crippen LogP contribution < -0.4 is 0 Å². The van der Waals surface area contributed by atoms with Crippen molar-refractivity contribution in [2.45, 2.75) is 6.42 Å². The molecule has 1 amide bonds. The lowest BCUT2D eigenvalue weighted by molar-refractivity contribution is 0.0764. The molecule has 0 aromatic heterocycles. The molecular formula is C13H15Cl2FN2O3S. The van der Waals surface area contributed by atoms with Crippen molar-refractivity contribution in [2.75, 3.05) is 32.4 Å². The number of sulfonamides is 1. The Morgan fingerprint density at radius 3 is 2.45 bits per heavy atom. The Kier molecular flexibility index (Phi) is 5.32. The van der Waals surface area contributed by atoms with Crippen LogP contribution in [0.1, 0.15) is 16.8 Å². The summed E-state index contributed by atoms with van der Waals surface area (Å²) >= 11 is 11.6. The van der Waals surface area contributed by atoms with E-state index in [1.807, 2.05) is 0 Å². The number of carbonyl (C=O) groups is 1. The van der Waals surface area contributed by atoms with Crippen LogP contribution in [0.3, 0.4) is 0 Å². The highest BCUT2D eigenvalue weighted by Crippen LogP contribution is 2.25. The van der Waals surface area contributed by atoms with E-state index in [4.69, 9.17) is 23.2 Å². The molecule has 1 aromatic carbocycles. The molecule has 22 heavy (non-hydrogen) atoms. The van der Waals surface area contributed by atoms with Crippen LogP contribution in [0.15, 0.2) is 12.1 Å². The van der Waals surface area contributed by atoms with Crippen molar-refractivity contribution in [1.82, 2.24) is 9.21 Å². The van der Waals surface area contributed by atoms with E-state index in [2.05, 4.69) is 0 Å². The second-order valence-corrected chi connectivity index (χ2v) is 7.85. The largest absolute Gasteiger partial charge is 0.337 e. The van der Waals surface area contributed by atoms with Gasteiger partial charge >= 0.3 is 0 Å². The van der Waals surface area contributed by atoms with E-state index in [1.165, 1.54) is 15.3 Å². The number of carbonyl (C=O) groups excluding carboxylic acids is 1. The van der Waals surface area contributed by atoms with Gasteiger partial charge in [-0.15, -0.1) is 0 Å². The molecule has 1 fully saturated rings. The van der Waals surface area contributed by atoms with Crippen LogP contribution in [-0.2, 0) is 10.0 Å². The number of halogens is 3. The summed E-state index contributed by atoms with van der Waals surface area (Å²) in [5.41, 5.74) is 0.0244. The monoisotopic (exact) mass is 368 g/mol. The van der Waals surface area contributed by atoms with Crippen LogP contribution in [0.5, 0.6) is 0 Å². The maximum atomic E-state index is 13.5. The van der Waals surface area contributed by atoms with Gasteiger partial charge in [-0.1, -0.05) is 23.2 Å². The lowest BCUT2D eigenvalue weighted by Crippen LogP contribution is -2.37. The summed E-state index contributed by atoms with van der Waals surface area (Å²) in [6.45, 7) is 1.17. The molecule has 1 aliphatic heterocycles. The number of rotatable bonds is 2. The second kappa shape index (κ2) is 6.70. The predicted octanol–water partition coefficient (Wildman–Crippen LogP) is 2.24. The first-order chi connectivity index (χ1) is 10.2. The van der Waals surface area contributed by atoms with Crippen molar-refractivity contribution >= 4 is 39.1 Å². The van der Waals surface area contributed by atoms with Gasteiger partial charge in [0.05, 0.1) is 21.9 Å². The first-order valence-corrected chi connectivity index (χ1v) is 9.19. The fourth-order valence-corrected chi connectivity index (χ4v) is 3.62. The van der Waals surface area contributed by atoms with Crippen molar-refractivity contribution in [3.05, 3.63) is 33.6 Å². The summed E-state index contributed by atoms with van der Waals surface area (Å²) in [7, 11) is -3.29. The first kappa shape index (κ1) is 17.5. The van der Waals surface area contributed by atoms with E-state index in [9.17, 15) is 17.6 Å². The third-order valence-corrected chi connectivity index (χ3v) is 5.36. The van der Waals surface area contributed by atoms with Gasteiger partial charge < -0.3 is 4.90 Å². The van der Waals surface area contributed by atoms with E-state index >= 15 is 0 Å². The molecular weight excluding hydrogens is 354 g/mol. The highest BCUT2D eigenvalue weighted by Gasteiger charge is 2.26. The molecule has 0 unspecified atom stereocenters. The van der Waals surface area contributed by atoms with Crippen molar-refractivity contribution < 1.29 is 17.6 Å². The molecule has 0 atom stereocenters. The fourth-order valence-electron chi connectivity index (χ4n) is 2.29. The van der Waals surface area contributed by atoms with E-state index in [1.54, 1.807) is 0 Å². The van der Waals surface area contributed by atoms with Crippen LogP contribution in [0.4, 0.5) is 4.39 Å². The maximum Gasteiger partial charge on any atom is 0.255 e. The second-order valence-electron chi connectivity index (χ2n) is 5.05. The Hall–Kier alpha value is -0.890. The van der Waals surface area contributed by atoms with Gasteiger partial charge in [-0.05, 0) is 18.6 Å². The molecule has 1 heterocycles. The first-order valence-electron chi connectivity index (χ1n) is 6.59. The Bertz CT molecular complexity index is 697. The van der Waals surface area contributed by atoms with Gasteiger partial charge in [0.15, 0.2) is 0 Å². The fraction of sp³-hybridized carbons (Fsp3) is 0.462. The van der Waals surface area contributed by atoms with Crippen molar-refractivity contribution in [2.24, 2.45) is 0 Å². The van der Waals surface area contributed by atoms with Crippen LogP contribution >= 0.6 is 23.2 Å². The summed E-state index contributed by atoms with van der Waals surface area (Å²) in [5.74, 6) is -1.15. The highest BCUT2D eigenvalue weighted by molar-refractivity contribution is 7.88. The molecule has 9 heteroatoms. The lowest BCUT2D eigenvalue weighted by Gasteiger charge is -2.21. The predicted molar refractivity (Wildman–Crippen MR) is 83.4 cm³/mol. The summed E-state index contributed by atoms with van der Waals surface area (Å²) in [6.07, 6.45) is 1.64. The Morgan fingerprint density at radius 2 is 1.82 bits per heavy atom. The average Bonchev–Trinajstić information content (AvgIpc) is 2.67. The molecule has 0 aliphatic carbocycles. The summed E-state index contributed by atoms with van der Waals surface area (Å²) < 4.78 is 38.0. The van der Waals surface area contributed by atoms with Crippen molar-refractivity contribution in [1.29, 1.82) is 0 Å². The normalized spacial score (nSPS) is 17.4. The van der Waals surface area contributed by atoms with Gasteiger partial charge in [0.1, 0.15) is 5.82 Å². The zero-order chi connectivity index (χ0) is 16.5. The molecule has 0 saturated carbocycles. The standard InChI is InChI=1S/C13H15Cl2FN2O3S/c1-22(20,21)18-4-2-3-17(5-6-18)13(19)9-7-12(16)11(15)8-10(9)14/h7-8H,2-6H2,1H3. The molecule has 1 saturated heterocycles. The molecule has 1 aromatic rings. The molecule has 122 valence electrons. The van der Waals surface area contributed by atoms with E-state index in [0.29, 0.717) is 19.5 Å². The number of benzene rings is 1. The number of hydrogen-bond acceptors (Lipinski definition) is 3. The molecule has 0 spiro atoms. The van der Waals surface area contributed by atoms with Crippen LogP contribution in [-0.4, -0.2) is 56.0 Å². The number of nitrogens with zero attached hydrogens (tertiary/aromatic N) is 2. The van der Waals surface area contributed by atoms with Gasteiger partial charge in [-0.2, -0.15) is 0 Å². The Balaban J connectivity index is 2.19. The minimum atomic E-state index is -3.29. The Labute approximate surface area is 138 Å². The zero-order valence-electron chi connectivity index (χ0n) is 11.9. The van der Waals surface area contributed by atoms with Gasteiger partial charge in [-0.3, -0.25) is 4.79 Å². The molecule has 2 rings (SSSR count). The molecule has 5 nitrogen and oxygen atoms in total. The molecule has 1 aliphatic rings. The van der Waals surface area contributed by atoms with E-state index in [-0.39, 0.29) is 28.7 Å². The SMILES string of the molecule is CS(=O)(=O)N1CCCN(C(=O)c2cc(F)c(Cl)cc2Cl)CC1. The van der Waals surface area contributed by atoms with Gasteiger partial charge in [0.2, 0.25) is 10.0 Å². The van der Waals surface area contributed by atoms with Crippen LogP contribution in [0.2, 0.25) is 10.0 Å². The van der Waals surface area contributed by atoms with Crippen LogP contribution in [0.25, 0.3) is 0 Å². The maximum absolute atomic E-state index is 13.5. The molecule has 0 radical (unpaired) electrons. The summed E-state index contributed by atoms with van der Waals surface area (Å²) in [4.78, 5) is 13.9. The highest BCUT2D eigenvalue weighted by atomic mass is 35.5. The molecule has 0 N–H and O–H groups in total. The summed E-state index contributed by atoms with van der Waals surface area (Å²) in [5, 5.41) is -0.0821. The quantitative estimate of drug-likeness (QED) is 0.752. The lowest BCUT2D eigenvalue weighted by atomic mass is 10.2. The van der Waals surface area contributed by atoms with Crippen LogP contribution in [0, 0.1) is 5.82 Å². The average molecular weight is 369 g/mol. The topological polar surface area (TPSA) is 57.7 Å². The number of amides is 1. The van der Waals surface area contributed by atoms with E-state index in [0.717, 1.165) is 12.3 Å². The van der Waals surface area contributed by atoms with Crippen molar-refractivity contribution in [3.63, 3.8) is 0 Å². The van der Waals surface area contributed by atoms with Gasteiger partial charge in [0.25, 0.3) is 5.91 Å². The van der Waals surface area contributed by atoms with Gasteiger partial charge in [0, 0.05) is 26.2 Å². The smallest absolute Gasteiger partial charge is 0.255 e. The van der Waals surface area contributed by atoms with Gasteiger partial charge in [-0.25, -0.2) is 17.1 Å². The van der Waals surface area contributed by atoms with E-state index < -0.39 is 21.7 Å². The van der Waals surface area contributed by atoms with Crippen molar-refractivity contribution in [3.8, 4) is 0 Å². The summed E-state index contributed by atoms with van der Waals surface area (Å²) in [6, 6.07) is 2.19. The zero-order valence-corrected chi connectivity index (χ0v) is 14.2. The third kappa shape index (κ3) is 3.90. The Morgan fingerprint density at radius 1 is 1.14 bits per heavy atom. The third-order valence-electron chi connectivity index (χ3n) is 3.45. The molecule has 0 bridgehead atoms.